The maximum absolute atomic E-state index is 13.8. The van der Waals surface area contributed by atoms with E-state index < -0.39 is 17.7 Å². The Hall–Kier alpha value is -2.87. The first kappa shape index (κ1) is 26.7. The van der Waals surface area contributed by atoms with Gasteiger partial charge in [0.1, 0.15) is 6.61 Å². The molecule has 0 aromatic heterocycles. The monoisotopic (exact) mass is 490 g/mol. The zero-order chi connectivity index (χ0) is 25.4. The van der Waals surface area contributed by atoms with E-state index >= 15 is 0 Å². The Morgan fingerprint density at radius 2 is 1.89 bits per heavy atom. The molecule has 3 rings (SSSR count). The SMILES string of the molecule is C/C(=N\OCc1ccc(C2CCCCC2)c(C(F)(F)F)c1)c1ccc(CNCCC(=O)O)c(C)c1. The number of rotatable bonds is 10. The van der Waals surface area contributed by atoms with E-state index in [0.29, 0.717) is 29.9 Å². The lowest BCUT2D eigenvalue weighted by molar-refractivity contribution is -0.139. The highest BCUT2D eigenvalue weighted by atomic mass is 19.4. The number of halogens is 3. The number of carboxylic acid groups (broad SMARTS) is 1. The highest BCUT2D eigenvalue weighted by Crippen LogP contribution is 2.41. The lowest BCUT2D eigenvalue weighted by Crippen LogP contribution is -2.18. The number of oxime groups is 1. The second-order valence-corrected chi connectivity index (χ2v) is 9.17. The Morgan fingerprint density at radius 1 is 1.14 bits per heavy atom. The second kappa shape index (κ2) is 12.2. The van der Waals surface area contributed by atoms with Crippen molar-refractivity contribution in [1.29, 1.82) is 0 Å². The number of aliphatic carboxylic acids is 1. The first-order valence-electron chi connectivity index (χ1n) is 12.0. The molecule has 0 unspecified atom stereocenters. The third-order valence-corrected chi connectivity index (χ3v) is 6.49. The molecule has 0 aliphatic heterocycles. The van der Waals surface area contributed by atoms with Crippen LogP contribution in [-0.4, -0.2) is 23.3 Å². The molecule has 2 aromatic carbocycles. The molecule has 1 saturated carbocycles. The molecule has 2 aromatic rings. The van der Waals surface area contributed by atoms with Gasteiger partial charge < -0.3 is 15.3 Å². The summed E-state index contributed by atoms with van der Waals surface area (Å²) in [6.45, 7) is 4.65. The van der Waals surface area contributed by atoms with Crippen molar-refractivity contribution in [2.45, 2.75) is 77.6 Å². The average Bonchev–Trinajstić information content (AvgIpc) is 2.82. The molecule has 0 atom stereocenters. The zero-order valence-corrected chi connectivity index (χ0v) is 20.3. The van der Waals surface area contributed by atoms with Crippen molar-refractivity contribution in [3.63, 3.8) is 0 Å². The Labute approximate surface area is 204 Å². The van der Waals surface area contributed by atoms with E-state index in [1.54, 1.807) is 19.1 Å². The van der Waals surface area contributed by atoms with E-state index in [-0.39, 0.29) is 18.9 Å². The lowest BCUT2D eigenvalue weighted by atomic mass is 9.81. The molecule has 1 aliphatic rings. The highest BCUT2D eigenvalue weighted by molar-refractivity contribution is 5.98. The van der Waals surface area contributed by atoms with Gasteiger partial charge in [0.2, 0.25) is 0 Å². The van der Waals surface area contributed by atoms with Gasteiger partial charge in [-0.15, -0.1) is 0 Å². The summed E-state index contributed by atoms with van der Waals surface area (Å²) in [5.74, 6) is -0.875. The van der Waals surface area contributed by atoms with Gasteiger partial charge in [-0.25, -0.2) is 0 Å². The number of nitrogens with one attached hydrogen (secondary N) is 1. The topological polar surface area (TPSA) is 70.9 Å². The van der Waals surface area contributed by atoms with E-state index in [0.717, 1.165) is 48.8 Å². The van der Waals surface area contributed by atoms with Crippen LogP contribution < -0.4 is 5.32 Å². The van der Waals surface area contributed by atoms with Crippen molar-refractivity contribution in [3.8, 4) is 0 Å². The normalized spacial score (nSPS) is 15.3. The standard InChI is InChI=1S/C27H33F3N2O3/c1-18-14-22(9-10-23(18)16-31-13-12-26(33)34)19(2)32-35-17-20-8-11-24(21-6-4-3-5-7-21)25(15-20)27(28,29)30/h8-11,14-15,21,31H,3-7,12-13,16-17H2,1-2H3,(H,33,34)/b32-19+. The van der Waals surface area contributed by atoms with Crippen LogP contribution in [0.4, 0.5) is 13.2 Å². The molecule has 2 N–H and O–H groups in total. The van der Waals surface area contributed by atoms with Gasteiger partial charge in [-0.05, 0) is 72.6 Å². The van der Waals surface area contributed by atoms with Crippen LogP contribution in [0.1, 0.15) is 84.7 Å². The molecule has 8 heteroatoms. The summed E-state index contributed by atoms with van der Waals surface area (Å²) >= 11 is 0. The Kier molecular flexibility index (Phi) is 9.32. The van der Waals surface area contributed by atoms with E-state index in [4.69, 9.17) is 9.94 Å². The van der Waals surface area contributed by atoms with Crippen molar-refractivity contribution in [2.75, 3.05) is 6.54 Å². The molecule has 0 radical (unpaired) electrons. The van der Waals surface area contributed by atoms with Gasteiger partial charge in [-0.2, -0.15) is 13.2 Å². The lowest BCUT2D eigenvalue weighted by Gasteiger charge is -2.25. The van der Waals surface area contributed by atoms with Gasteiger partial charge in [0.25, 0.3) is 0 Å². The predicted octanol–water partition coefficient (Wildman–Crippen LogP) is 6.57. The minimum absolute atomic E-state index is 0.0332. The smallest absolute Gasteiger partial charge is 0.416 e. The van der Waals surface area contributed by atoms with E-state index in [1.165, 1.54) is 6.07 Å². The van der Waals surface area contributed by atoms with Crippen LogP contribution in [0.15, 0.2) is 41.6 Å². The first-order valence-corrected chi connectivity index (χ1v) is 12.0. The van der Waals surface area contributed by atoms with E-state index in [1.807, 2.05) is 25.1 Å². The number of benzene rings is 2. The van der Waals surface area contributed by atoms with Crippen LogP contribution in [0.5, 0.6) is 0 Å². The van der Waals surface area contributed by atoms with Gasteiger partial charge in [-0.1, -0.05) is 48.7 Å². The van der Waals surface area contributed by atoms with Gasteiger partial charge in [0.05, 0.1) is 17.7 Å². The van der Waals surface area contributed by atoms with Crippen molar-refractivity contribution in [2.24, 2.45) is 5.16 Å². The molecule has 5 nitrogen and oxygen atoms in total. The highest BCUT2D eigenvalue weighted by Gasteiger charge is 2.35. The first-order chi connectivity index (χ1) is 16.6. The van der Waals surface area contributed by atoms with E-state index in [2.05, 4.69) is 10.5 Å². The molecule has 0 bridgehead atoms. The molecular formula is C27H33F3N2O3. The summed E-state index contributed by atoms with van der Waals surface area (Å²) in [5.41, 5.74) is 3.81. The maximum atomic E-state index is 13.8. The Bertz CT molecular complexity index is 1040. The van der Waals surface area contributed by atoms with Gasteiger partial charge >= 0.3 is 12.1 Å². The molecule has 190 valence electrons. The largest absolute Gasteiger partial charge is 0.481 e. The van der Waals surface area contributed by atoms with Gasteiger partial charge in [0, 0.05) is 13.1 Å². The predicted molar refractivity (Wildman–Crippen MR) is 129 cm³/mol. The van der Waals surface area contributed by atoms with Crippen LogP contribution in [0, 0.1) is 6.92 Å². The fourth-order valence-corrected chi connectivity index (χ4v) is 4.50. The minimum atomic E-state index is -4.40. The zero-order valence-electron chi connectivity index (χ0n) is 20.3. The van der Waals surface area contributed by atoms with Crippen molar-refractivity contribution >= 4 is 11.7 Å². The van der Waals surface area contributed by atoms with Crippen LogP contribution in [0.25, 0.3) is 0 Å². The number of carbonyl (C=O) groups is 1. The molecule has 1 fully saturated rings. The Balaban J connectivity index is 1.63. The molecule has 0 saturated heterocycles. The number of nitrogens with zero attached hydrogens (tertiary/aromatic N) is 1. The third kappa shape index (κ3) is 7.82. The molecular weight excluding hydrogens is 457 g/mol. The molecule has 0 heterocycles. The van der Waals surface area contributed by atoms with Crippen LogP contribution in [0.3, 0.4) is 0 Å². The van der Waals surface area contributed by atoms with Gasteiger partial charge in [0.15, 0.2) is 0 Å². The van der Waals surface area contributed by atoms with Crippen molar-refractivity contribution in [3.05, 3.63) is 69.8 Å². The molecule has 1 aliphatic carbocycles. The number of hydrogen-bond donors (Lipinski definition) is 2. The number of aryl methyl sites for hydroxylation is 1. The molecule has 0 amide bonds. The van der Waals surface area contributed by atoms with Crippen LogP contribution in [-0.2, 0) is 29.0 Å². The number of hydrogen-bond acceptors (Lipinski definition) is 4. The van der Waals surface area contributed by atoms with Crippen molar-refractivity contribution in [1.82, 2.24) is 5.32 Å². The van der Waals surface area contributed by atoms with Crippen molar-refractivity contribution < 1.29 is 27.9 Å². The number of carboxylic acids is 1. The fourth-order valence-electron chi connectivity index (χ4n) is 4.50. The fraction of sp³-hybridized carbons (Fsp3) is 0.481. The summed E-state index contributed by atoms with van der Waals surface area (Å²) in [4.78, 5) is 16.0. The van der Waals surface area contributed by atoms with Crippen LogP contribution >= 0.6 is 0 Å². The van der Waals surface area contributed by atoms with Gasteiger partial charge in [-0.3, -0.25) is 4.79 Å². The summed E-state index contributed by atoms with van der Waals surface area (Å²) in [5, 5.41) is 15.9. The number of alkyl halides is 3. The minimum Gasteiger partial charge on any atom is -0.481 e. The average molecular weight is 491 g/mol. The summed E-state index contributed by atoms with van der Waals surface area (Å²) in [6, 6.07) is 10.3. The Morgan fingerprint density at radius 3 is 2.54 bits per heavy atom. The molecule has 35 heavy (non-hydrogen) atoms. The maximum Gasteiger partial charge on any atom is 0.416 e. The molecule has 0 spiro atoms. The third-order valence-electron chi connectivity index (χ3n) is 6.49. The second-order valence-electron chi connectivity index (χ2n) is 9.17. The quantitative estimate of drug-likeness (QED) is 0.225. The summed E-state index contributed by atoms with van der Waals surface area (Å²) in [6.07, 6.45) is 0.313. The summed E-state index contributed by atoms with van der Waals surface area (Å²) < 4.78 is 41.3. The summed E-state index contributed by atoms with van der Waals surface area (Å²) in [7, 11) is 0. The van der Waals surface area contributed by atoms with Crippen LogP contribution in [0.2, 0.25) is 0 Å². The van der Waals surface area contributed by atoms with E-state index in [9.17, 15) is 18.0 Å².